The molecule has 4 rings (SSSR count). The van der Waals surface area contributed by atoms with Crippen molar-refractivity contribution in [2.24, 2.45) is 0 Å². The van der Waals surface area contributed by atoms with Gasteiger partial charge in [0.25, 0.3) is 5.78 Å². The highest BCUT2D eigenvalue weighted by molar-refractivity contribution is 6.51. The van der Waals surface area contributed by atoms with E-state index < -0.39 is 17.7 Å². The van der Waals surface area contributed by atoms with Gasteiger partial charge in [0.15, 0.2) is 0 Å². The van der Waals surface area contributed by atoms with Crippen LogP contribution in [-0.4, -0.2) is 39.1 Å². The van der Waals surface area contributed by atoms with E-state index in [1.165, 1.54) is 18.3 Å². The minimum Gasteiger partial charge on any atom is -0.507 e. The lowest BCUT2D eigenvalue weighted by atomic mass is 9.95. The van der Waals surface area contributed by atoms with E-state index in [2.05, 4.69) is 15.2 Å². The highest BCUT2D eigenvalue weighted by atomic mass is 16.5. The summed E-state index contributed by atoms with van der Waals surface area (Å²) in [5, 5.41) is 17.3. The van der Waals surface area contributed by atoms with Crippen molar-refractivity contribution in [1.82, 2.24) is 15.2 Å². The topological polar surface area (TPSA) is 108 Å². The van der Waals surface area contributed by atoms with Crippen molar-refractivity contribution in [3.8, 4) is 5.75 Å². The highest BCUT2D eigenvalue weighted by Crippen LogP contribution is 2.40. The Hall–Kier alpha value is -3.94. The van der Waals surface area contributed by atoms with Gasteiger partial charge in [-0.3, -0.25) is 14.5 Å². The number of Topliss-reactive ketones (excluding diaryl/α,β-unsaturated/α-hetero) is 1. The number of hydrogen-bond donors (Lipinski definition) is 2. The van der Waals surface area contributed by atoms with Crippen molar-refractivity contribution in [1.29, 1.82) is 0 Å². The number of hydrogen-bond acceptors (Lipinski definition) is 6. The second-order valence-electron chi connectivity index (χ2n) is 6.12. The molecule has 0 spiro atoms. The molecule has 2 aromatic carbocycles. The first-order valence-electron chi connectivity index (χ1n) is 8.47. The maximum Gasteiger partial charge on any atom is 0.302 e. The third kappa shape index (κ3) is 2.81. The quantitative estimate of drug-likeness (QED) is 0.411. The second-order valence-corrected chi connectivity index (χ2v) is 6.12. The number of aliphatic hydroxyl groups excluding tert-OH is 1. The molecule has 1 aromatic heterocycles. The number of rotatable bonds is 4. The number of methoxy groups -OCH3 is 1. The van der Waals surface area contributed by atoms with Gasteiger partial charge in [0.2, 0.25) is 5.95 Å². The molecule has 28 heavy (non-hydrogen) atoms. The number of H-pyrrole nitrogens is 1. The molecule has 3 aromatic rings. The van der Waals surface area contributed by atoms with Crippen molar-refractivity contribution < 1.29 is 19.4 Å². The Balaban J connectivity index is 1.90. The van der Waals surface area contributed by atoms with Crippen molar-refractivity contribution >= 4 is 23.4 Å². The molecule has 1 aliphatic rings. The van der Waals surface area contributed by atoms with Gasteiger partial charge in [-0.15, -0.1) is 0 Å². The first-order valence-corrected chi connectivity index (χ1v) is 8.47. The van der Waals surface area contributed by atoms with Crippen molar-refractivity contribution in [2.45, 2.75) is 6.04 Å². The number of anilines is 1. The van der Waals surface area contributed by atoms with E-state index in [-0.39, 0.29) is 17.3 Å². The Morgan fingerprint density at radius 2 is 1.82 bits per heavy atom. The summed E-state index contributed by atoms with van der Waals surface area (Å²) in [5.41, 5.74) is 1.04. The average Bonchev–Trinajstić information content (AvgIpc) is 3.35. The minimum atomic E-state index is -0.837. The van der Waals surface area contributed by atoms with Gasteiger partial charge in [-0.2, -0.15) is 10.1 Å². The van der Waals surface area contributed by atoms with Crippen molar-refractivity contribution in [2.75, 3.05) is 12.0 Å². The van der Waals surface area contributed by atoms with E-state index in [1.807, 2.05) is 6.07 Å². The van der Waals surface area contributed by atoms with Gasteiger partial charge in [0.1, 0.15) is 17.8 Å². The molecule has 0 unspecified atom stereocenters. The van der Waals surface area contributed by atoms with Gasteiger partial charge in [-0.05, 0) is 29.8 Å². The van der Waals surface area contributed by atoms with Crippen LogP contribution in [0.1, 0.15) is 17.2 Å². The molecular formula is C20H16N4O4. The maximum atomic E-state index is 12.8. The number of ether oxygens (including phenoxy) is 1. The maximum absolute atomic E-state index is 12.8. The van der Waals surface area contributed by atoms with Gasteiger partial charge < -0.3 is 9.84 Å². The zero-order chi connectivity index (χ0) is 19.7. The fourth-order valence-corrected chi connectivity index (χ4v) is 3.22. The van der Waals surface area contributed by atoms with Gasteiger partial charge in [0.05, 0.1) is 18.7 Å². The average molecular weight is 376 g/mol. The molecule has 1 atom stereocenters. The lowest BCUT2D eigenvalue weighted by Gasteiger charge is -2.22. The van der Waals surface area contributed by atoms with Crippen molar-refractivity contribution in [3.63, 3.8) is 0 Å². The van der Waals surface area contributed by atoms with Crippen LogP contribution in [0.2, 0.25) is 0 Å². The molecular weight excluding hydrogens is 360 g/mol. The fourth-order valence-electron chi connectivity index (χ4n) is 3.22. The van der Waals surface area contributed by atoms with Crippen LogP contribution in [0, 0.1) is 0 Å². The first-order chi connectivity index (χ1) is 13.6. The standard InChI is InChI=1S/C20H16N4O4/c1-28-14-9-7-13(8-10-14)17(25)15-16(12-5-3-2-4-6-12)24(19(27)18(15)26)20-21-11-22-23-20/h2-11,16,25H,1H3,(H,21,22,23)/t16-/m0/s1. The fraction of sp³-hybridized carbons (Fsp3) is 0.100. The van der Waals surface area contributed by atoms with Crippen LogP contribution in [-0.2, 0) is 9.59 Å². The van der Waals surface area contributed by atoms with Crippen LogP contribution in [0.25, 0.3) is 5.76 Å². The number of carbonyl (C=O) groups is 2. The zero-order valence-corrected chi connectivity index (χ0v) is 14.9. The summed E-state index contributed by atoms with van der Waals surface area (Å²) in [5.74, 6) is -1.11. The number of aliphatic hydroxyl groups is 1. The zero-order valence-electron chi connectivity index (χ0n) is 14.9. The molecule has 1 fully saturated rings. The van der Waals surface area contributed by atoms with Gasteiger partial charge >= 0.3 is 5.91 Å². The summed E-state index contributed by atoms with van der Waals surface area (Å²) in [4.78, 5) is 30.8. The third-order valence-electron chi connectivity index (χ3n) is 4.55. The van der Waals surface area contributed by atoms with Crippen LogP contribution < -0.4 is 9.64 Å². The largest absolute Gasteiger partial charge is 0.507 e. The number of benzene rings is 2. The van der Waals surface area contributed by atoms with E-state index in [0.29, 0.717) is 16.9 Å². The number of nitrogens with one attached hydrogen (secondary N) is 1. The van der Waals surface area contributed by atoms with Gasteiger partial charge in [-0.1, -0.05) is 30.3 Å². The molecule has 1 saturated heterocycles. The molecule has 1 amide bonds. The van der Waals surface area contributed by atoms with Crippen molar-refractivity contribution in [3.05, 3.63) is 77.6 Å². The van der Waals surface area contributed by atoms with Gasteiger partial charge in [-0.25, -0.2) is 5.10 Å². The van der Waals surface area contributed by atoms with Crippen LogP contribution in [0.15, 0.2) is 66.5 Å². The molecule has 2 N–H and O–H groups in total. The Bertz CT molecular complexity index is 1040. The van der Waals surface area contributed by atoms with Crippen LogP contribution >= 0.6 is 0 Å². The molecule has 0 aliphatic carbocycles. The summed E-state index contributed by atoms with van der Waals surface area (Å²) in [7, 11) is 1.53. The molecule has 140 valence electrons. The summed E-state index contributed by atoms with van der Waals surface area (Å²) in [6.45, 7) is 0. The van der Waals surface area contributed by atoms with Crippen LogP contribution in [0.5, 0.6) is 5.75 Å². The number of carbonyl (C=O) groups excluding carboxylic acids is 2. The molecule has 0 saturated carbocycles. The number of aromatic nitrogens is 3. The molecule has 8 heteroatoms. The Morgan fingerprint density at radius 1 is 1.11 bits per heavy atom. The Labute approximate surface area is 160 Å². The summed E-state index contributed by atoms with van der Waals surface area (Å²) < 4.78 is 5.12. The van der Waals surface area contributed by atoms with Crippen LogP contribution in [0.3, 0.4) is 0 Å². The predicted octanol–water partition coefficient (Wildman–Crippen LogP) is 2.44. The van der Waals surface area contributed by atoms with Gasteiger partial charge in [0, 0.05) is 5.56 Å². The smallest absolute Gasteiger partial charge is 0.302 e. The normalized spacial score (nSPS) is 18.5. The summed E-state index contributed by atoms with van der Waals surface area (Å²) in [6.07, 6.45) is 1.25. The minimum absolute atomic E-state index is 0.0160. The van der Waals surface area contributed by atoms with E-state index in [9.17, 15) is 14.7 Å². The Kier molecular flexibility index (Phi) is 4.36. The molecule has 2 heterocycles. The SMILES string of the molecule is COc1ccc(C(O)=C2C(=O)C(=O)N(c3ncn[nH]3)[C@H]2c2ccccc2)cc1. The number of nitrogens with zero attached hydrogens (tertiary/aromatic N) is 3. The van der Waals surface area contributed by atoms with E-state index in [4.69, 9.17) is 4.74 Å². The number of ketones is 1. The number of aromatic amines is 1. The molecule has 8 nitrogen and oxygen atoms in total. The predicted molar refractivity (Wildman–Crippen MR) is 101 cm³/mol. The van der Waals surface area contributed by atoms with Crippen LogP contribution in [0.4, 0.5) is 5.95 Å². The molecule has 0 bridgehead atoms. The highest BCUT2D eigenvalue weighted by Gasteiger charge is 2.48. The van der Waals surface area contributed by atoms with E-state index in [0.717, 1.165) is 0 Å². The first kappa shape index (κ1) is 17.5. The lowest BCUT2D eigenvalue weighted by molar-refractivity contribution is -0.132. The monoisotopic (exact) mass is 376 g/mol. The second kappa shape index (κ2) is 6.99. The van der Waals surface area contributed by atoms with E-state index >= 15 is 0 Å². The third-order valence-corrected chi connectivity index (χ3v) is 4.55. The Morgan fingerprint density at radius 3 is 2.43 bits per heavy atom. The van der Waals surface area contributed by atoms with E-state index in [1.54, 1.807) is 48.5 Å². The summed E-state index contributed by atoms with van der Waals surface area (Å²) >= 11 is 0. The lowest BCUT2D eigenvalue weighted by Crippen LogP contribution is -2.30. The molecule has 0 radical (unpaired) electrons. The summed E-state index contributed by atoms with van der Waals surface area (Å²) in [6, 6.07) is 14.7. The molecule has 1 aliphatic heterocycles. The number of amides is 1.